The number of hydrogen-bond donors (Lipinski definition) is 1. The topological polar surface area (TPSA) is 80.0 Å². The van der Waals surface area contributed by atoms with Crippen LogP contribution >= 0.6 is 0 Å². The van der Waals surface area contributed by atoms with E-state index in [1.54, 1.807) is 25.6 Å². The molecule has 1 aromatic rings. The molecule has 1 amide bonds. The molecule has 0 aromatic carbocycles. The highest BCUT2D eigenvalue weighted by Crippen LogP contribution is 2.21. The third-order valence-corrected chi connectivity index (χ3v) is 2.95. The summed E-state index contributed by atoms with van der Waals surface area (Å²) >= 11 is 0. The van der Waals surface area contributed by atoms with Crippen LogP contribution in [0, 0.1) is 0 Å². The van der Waals surface area contributed by atoms with E-state index in [0.717, 1.165) is 5.56 Å². The highest BCUT2D eigenvalue weighted by atomic mass is 16.5. The van der Waals surface area contributed by atoms with Crippen LogP contribution in [0.15, 0.2) is 23.0 Å². The molecule has 2 atom stereocenters. The van der Waals surface area contributed by atoms with Gasteiger partial charge in [-0.3, -0.25) is 4.79 Å². The van der Waals surface area contributed by atoms with Crippen molar-refractivity contribution in [3.05, 3.63) is 24.2 Å². The number of likely N-dealkylation sites (N-methyl/N-ethyl adjacent to an activating group) is 1. The fourth-order valence-electron chi connectivity index (χ4n) is 1.98. The minimum Gasteiger partial charge on any atom is -0.479 e. The Kier molecular flexibility index (Phi) is 3.66. The van der Waals surface area contributed by atoms with Crippen LogP contribution in [0.1, 0.15) is 18.4 Å². The van der Waals surface area contributed by atoms with Crippen LogP contribution < -0.4 is 0 Å². The number of carbonyl (C=O) groups excluding carboxylic acids is 1. The van der Waals surface area contributed by atoms with Gasteiger partial charge >= 0.3 is 5.97 Å². The molecule has 1 saturated heterocycles. The van der Waals surface area contributed by atoms with Crippen LogP contribution in [0.4, 0.5) is 0 Å². The molecular weight excluding hydrogens is 238 g/mol. The van der Waals surface area contributed by atoms with Gasteiger partial charge in [-0.25, -0.2) is 4.79 Å². The normalized spacial score (nSPS) is 22.9. The molecule has 0 saturated carbocycles. The van der Waals surface area contributed by atoms with Crippen molar-refractivity contribution < 1.29 is 23.8 Å². The maximum Gasteiger partial charge on any atom is 0.332 e. The second-order valence-electron chi connectivity index (χ2n) is 4.35. The Morgan fingerprint density at radius 2 is 2.17 bits per heavy atom. The maximum absolute atomic E-state index is 12.0. The monoisotopic (exact) mass is 253 g/mol. The number of aliphatic carboxylic acids is 1. The molecule has 0 aliphatic carbocycles. The lowest BCUT2D eigenvalue weighted by molar-refractivity contribution is -0.154. The van der Waals surface area contributed by atoms with E-state index >= 15 is 0 Å². The third kappa shape index (κ3) is 2.70. The van der Waals surface area contributed by atoms with Crippen molar-refractivity contribution in [2.24, 2.45) is 0 Å². The molecule has 2 heterocycles. The number of furan rings is 1. The van der Waals surface area contributed by atoms with Crippen molar-refractivity contribution in [2.45, 2.75) is 31.6 Å². The van der Waals surface area contributed by atoms with Crippen molar-refractivity contribution in [3.63, 3.8) is 0 Å². The number of rotatable bonds is 4. The molecule has 0 unspecified atom stereocenters. The van der Waals surface area contributed by atoms with Crippen molar-refractivity contribution in [1.82, 2.24) is 4.90 Å². The van der Waals surface area contributed by atoms with E-state index in [2.05, 4.69) is 0 Å². The van der Waals surface area contributed by atoms with Gasteiger partial charge in [-0.05, 0) is 18.9 Å². The molecule has 6 nitrogen and oxygen atoms in total. The van der Waals surface area contributed by atoms with E-state index in [1.165, 1.54) is 4.90 Å². The lowest BCUT2D eigenvalue weighted by Crippen LogP contribution is -2.36. The van der Waals surface area contributed by atoms with Gasteiger partial charge in [-0.1, -0.05) is 0 Å². The van der Waals surface area contributed by atoms with E-state index < -0.39 is 18.2 Å². The van der Waals surface area contributed by atoms with Gasteiger partial charge in [-0.15, -0.1) is 0 Å². The summed E-state index contributed by atoms with van der Waals surface area (Å²) in [5.41, 5.74) is 0.888. The molecule has 98 valence electrons. The molecule has 1 aliphatic rings. The average molecular weight is 253 g/mol. The molecule has 0 radical (unpaired) electrons. The van der Waals surface area contributed by atoms with E-state index in [-0.39, 0.29) is 5.91 Å². The van der Waals surface area contributed by atoms with Crippen molar-refractivity contribution >= 4 is 11.9 Å². The Morgan fingerprint density at radius 1 is 1.44 bits per heavy atom. The van der Waals surface area contributed by atoms with E-state index in [0.29, 0.717) is 19.4 Å². The molecule has 6 heteroatoms. The number of amides is 1. The van der Waals surface area contributed by atoms with Gasteiger partial charge in [0.2, 0.25) is 0 Å². The van der Waals surface area contributed by atoms with Crippen LogP contribution in [0.2, 0.25) is 0 Å². The molecular formula is C12H15NO5. The lowest BCUT2D eigenvalue weighted by Gasteiger charge is -2.20. The number of carboxylic acids is 1. The Hall–Kier alpha value is -1.82. The van der Waals surface area contributed by atoms with E-state index in [4.69, 9.17) is 14.3 Å². The first-order valence-corrected chi connectivity index (χ1v) is 5.72. The molecule has 0 bridgehead atoms. The standard InChI is InChI=1S/C12H15NO5/c1-13(6-8-4-5-17-7-8)11(14)9-2-3-10(18-9)12(15)16/h4-5,7,9-10H,2-3,6H2,1H3,(H,15,16)/t9-,10+/m0/s1. The third-order valence-electron chi connectivity index (χ3n) is 2.95. The fourth-order valence-corrected chi connectivity index (χ4v) is 1.98. The minimum atomic E-state index is -1.01. The quantitative estimate of drug-likeness (QED) is 0.861. The van der Waals surface area contributed by atoms with Crippen molar-refractivity contribution in [1.29, 1.82) is 0 Å². The first-order chi connectivity index (χ1) is 8.58. The largest absolute Gasteiger partial charge is 0.479 e. The molecule has 1 aromatic heterocycles. The second kappa shape index (κ2) is 5.22. The number of hydrogen-bond acceptors (Lipinski definition) is 4. The van der Waals surface area contributed by atoms with Crippen LogP contribution in [-0.4, -0.2) is 41.1 Å². The minimum absolute atomic E-state index is 0.194. The fraction of sp³-hybridized carbons (Fsp3) is 0.500. The highest BCUT2D eigenvalue weighted by Gasteiger charge is 2.35. The summed E-state index contributed by atoms with van der Waals surface area (Å²) in [4.78, 5) is 24.3. The smallest absolute Gasteiger partial charge is 0.332 e. The summed E-state index contributed by atoms with van der Waals surface area (Å²) in [5, 5.41) is 8.80. The first-order valence-electron chi connectivity index (χ1n) is 5.72. The van der Waals surface area contributed by atoms with Gasteiger partial charge in [0.25, 0.3) is 5.91 Å². The van der Waals surface area contributed by atoms with Gasteiger partial charge in [0, 0.05) is 19.2 Å². The van der Waals surface area contributed by atoms with Crippen LogP contribution in [0.3, 0.4) is 0 Å². The second-order valence-corrected chi connectivity index (χ2v) is 4.35. The number of nitrogens with zero attached hydrogens (tertiary/aromatic N) is 1. The first kappa shape index (κ1) is 12.6. The Morgan fingerprint density at radius 3 is 2.72 bits per heavy atom. The molecule has 1 N–H and O–H groups in total. The van der Waals surface area contributed by atoms with Gasteiger partial charge in [0.1, 0.15) is 6.10 Å². The predicted octanol–water partition coefficient (Wildman–Crippen LogP) is 0.870. The zero-order chi connectivity index (χ0) is 13.1. The zero-order valence-corrected chi connectivity index (χ0v) is 10.0. The number of carboxylic acid groups (broad SMARTS) is 1. The van der Waals surface area contributed by atoms with E-state index in [1.807, 2.05) is 0 Å². The van der Waals surface area contributed by atoms with Crippen molar-refractivity contribution in [3.8, 4) is 0 Å². The average Bonchev–Trinajstić information content (AvgIpc) is 2.98. The summed E-state index contributed by atoms with van der Waals surface area (Å²) in [5.74, 6) is -1.21. The lowest BCUT2D eigenvalue weighted by atomic mass is 10.2. The summed E-state index contributed by atoms with van der Waals surface area (Å²) in [6, 6.07) is 1.78. The molecule has 1 aliphatic heterocycles. The predicted molar refractivity (Wildman–Crippen MR) is 60.7 cm³/mol. The zero-order valence-electron chi connectivity index (χ0n) is 10.0. The maximum atomic E-state index is 12.0. The Labute approximate surface area is 104 Å². The summed E-state index contributed by atoms with van der Waals surface area (Å²) in [6.45, 7) is 0.424. The Bertz CT molecular complexity index is 428. The van der Waals surface area contributed by atoms with Crippen molar-refractivity contribution in [2.75, 3.05) is 7.05 Å². The Balaban J connectivity index is 1.90. The number of ether oxygens (including phenoxy) is 1. The molecule has 1 fully saturated rings. The molecule has 0 spiro atoms. The number of carbonyl (C=O) groups is 2. The highest BCUT2D eigenvalue weighted by molar-refractivity contribution is 5.82. The van der Waals surface area contributed by atoms with Crippen LogP contribution in [0.25, 0.3) is 0 Å². The van der Waals surface area contributed by atoms with Gasteiger partial charge < -0.3 is 19.2 Å². The van der Waals surface area contributed by atoms with Gasteiger partial charge in [-0.2, -0.15) is 0 Å². The SMILES string of the molecule is CN(Cc1ccoc1)C(=O)[C@@H]1CC[C@H](C(=O)O)O1. The van der Waals surface area contributed by atoms with Gasteiger partial charge in [0.15, 0.2) is 6.10 Å². The van der Waals surface area contributed by atoms with Crippen LogP contribution in [-0.2, 0) is 20.9 Å². The summed E-state index contributed by atoms with van der Waals surface area (Å²) in [6.07, 6.45) is 2.43. The van der Waals surface area contributed by atoms with Crippen LogP contribution in [0.5, 0.6) is 0 Å². The summed E-state index contributed by atoms with van der Waals surface area (Å²) in [7, 11) is 1.66. The van der Waals surface area contributed by atoms with Gasteiger partial charge in [0.05, 0.1) is 12.5 Å². The summed E-state index contributed by atoms with van der Waals surface area (Å²) < 4.78 is 10.1. The molecule has 2 rings (SSSR count). The molecule has 18 heavy (non-hydrogen) atoms. The van der Waals surface area contributed by atoms with E-state index in [9.17, 15) is 9.59 Å².